The highest BCUT2D eigenvalue weighted by molar-refractivity contribution is 6.25. The summed E-state index contributed by atoms with van der Waals surface area (Å²) < 4.78 is 4.92. The van der Waals surface area contributed by atoms with Crippen LogP contribution < -0.4 is 0 Å². The first kappa shape index (κ1) is 34.5. The topological polar surface area (TPSA) is 35.6 Å². The summed E-state index contributed by atoms with van der Waals surface area (Å²) in [6.45, 7) is 0. The van der Waals surface area contributed by atoms with Crippen LogP contribution in [0.5, 0.6) is 0 Å². The number of rotatable bonds is 5. The Kier molecular flexibility index (Phi) is 7.57. The summed E-state index contributed by atoms with van der Waals surface area (Å²) >= 11 is 0. The SMILES string of the molecule is c1ccc(-c2nc(-c3ccccc3)c3cc(-c4ccc(-n5c6ccccc6c6cc7c8c9ccccc9ccc8n(-c8ccccc8)c7cc65)c5ccccc45)ccc3n2)cc1. The van der Waals surface area contributed by atoms with Crippen LogP contribution in [0, 0.1) is 0 Å². The van der Waals surface area contributed by atoms with Gasteiger partial charge in [-0.2, -0.15) is 0 Å². The molecule has 0 aliphatic heterocycles. The molecule has 0 saturated heterocycles. The number of fused-ring (bicyclic) bond motifs is 10. The average molecular weight is 789 g/mol. The molecule has 0 radical (unpaired) electrons. The molecule has 0 unspecified atom stereocenters. The molecule has 288 valence electrons. The molecule has 13 rings (SSSR count). The second kappa shape index (κ2) is 13.6. The van der Waals surface area contributed by atoms with Crippen LogP contribution in [0.15, 0.2) is 218 Å². The summed E-state index contributed by atoms with van der Waals surface area (Å²) in [6.07, 6.45) is 0. The summed E-state index contributed by atoms with van der Waals surface area (Å²) in [5, 5.41) is 10.9. The van der Waals surface area contributed by atoms with Gasteiger partial charge in [-0.25, -0.2) is 9.97 Å². The molecule has 0 aliphatic rings. The van der Waals surface area contributed by atoms with Gasteiger partial charge in [0, 0.05) is 49.1 Å². The summed E-state index contributed by atoms with van der Waals surface area (Å²) in [7, 11) is 0. The molecule has 4 nitrogen and oxygen atoms in total. The van der Waals surface area contributed by atoms with Crippen molar-refractivity contribution in [3.63, 3.8) is 0 Å². The predicted molar refractivity (Wildman–Crippen MR) is 260 cm³/mol. The Hall–Kier alpha value is -8.34. The van der Waals surface area contributed by atoms with Gasteiger partial charge in [0.25, 0.3) is 0 Å². The molecule has 62 heavy (non-hydrogen) atoms. The molecule has 10 aromatic carbocycles. The van der Waals surface area contributed by atoms with Gasteiger partial charge in [-0.3, -0.25) is 0 Å². The first-order chi connectivity index (χ1) is 30.8. The van der Waals surface area contributed by atoms with Crippen molar-refractivity contribution >= 4 is 76.1 Å². The zero-order valence-electron chi connectivity index (χ0n) is 33.6. The van der Waals surface area contributed by atoms with E-state index >= 15 is 0 Å². The predicted octanol–water partition coefficient (Wildman–Crippen LogP) is 15.1. The summed E-state index contributed by atoms with van der Waals surface area (Å²) in [5.41, 5.74) is 13.2. The molecule has 4 heteroatoms. The lowest BCUT2D eigenvalue weighted by Crippen LogP contribution is -1.98. The third-order valence-electron chi connectivity index (χ3n) is 12.7. The minimum absolute atomic E-state index is 0.723. The van der Waals surface area contributed by atoms with Gasteiger partial charge in [-0.15, -0.1) is 0 Å². The Balaban J connectivity index is 1.06. The zero-order valence-corrected chi connectivity index (χ0v) is 33.6. The van der Waals surface area contributed by atoms with Crippen LogP contribution in [0.3, 0.4) is 0 Å². The maximum atomic E-state index is 5.20. The minimum Gasteiger partial charge on any atom is -0.309 e. The monoisotopic (exact) mass is 788 g/mol. The molecule has 0 amide bonds. The molecule has 0 bridgehead atoms. The third kappa shape index (κ3) is 5.20. The van der Waals surface area contributed by atoms with Crippen LogP contribution >= 0.6 is 0 Å². The molecular formula is C58H36N4. The summed E-state index contributed by atoms with van der Waals surface area (Å²) in [6, 6.07) is 78.6. The van der Waals surface area contributed by atoms with E-state index in [0.717, 1.165) is 56.0 Å². The van der Waals surface area contributed by atoms with E-state index in [4.69, 9.17) is 9.97 Å². The molecule has 3 aromatic heterocycles. The second-order valence-electron chi connectivity index (χ2n) is 16.1. The van der Waals surface area contributed by atoms with Crippen molar-refractivity contribution in [3.8, 4) is 45.1 Å². The molecular weight excluding hydrogens is 753 g/mol. The molecule has 13 aromatic rings. The third-order valence-corrected chi connectivity index (χ3v) is 12.7. The molecule has 0 fully saturated rings. The number of nitrogens with zero attached hydrogens (tertiary/aromatic N) is 4. The van der Waals surface area contributed by atoms with Crippen molar-refractivity contribution < 1.29 is 0 Å². The molecule has 0 spiro atoms. The lowest BCUT2D eigenvalue weighted by molar-refractivity contribution is 1.17. The van der Waals surface area contributed by atoms with E-state index in [9.17, 15) is 0 Å². The fraction of sp³-hybridized carbons (Fsp3) is 0. The number of hydrogen-bond acceptors (Lipinski definition) is 2. The number of benzene rings is 10. The van der Waals surface area contributed by atoms with Gasteiger partial charge in [0.1, 0.15) is 0 Å². The van der Waals surface area contributed by atoms with Gasteiger partial charge in [-0.1, -0.05) is 164 Å². The lowest BCUT2D eigenvalue weighted by atomic mass is 9.95. The van der Waals surface area contributed by atoms with Gasteiger partial charge < -0.3 is 9.13 Å². The van der Waals surface area contributed by atoms with E-state index in [-0.39, 0.29) is 0 Å². The minimum atomic E-state index is 0.723. The fourth-order valence-corrected chi connectivity index (χ4v) is 9.92. The maximum absolute atomic E-state index is 5.20. The van der Waals surface area contributed by atoms with E-state index in [1.54, 1.807) is 0 Å². The van der Waals surface area contributed by atoms with E-state index in [1.165, 1.54) is 65.2 Å². The van der Waals surface area contributed by atoms with E-state index in [2.05, 4.69) is 209 Å². The van der Waals surface area contributed by atoms with Crippen molar-refractivity contribution in [1.82, 2.24) is 19.1 Å². The summed E-state index contributed by atoms with van der Waals surface area (Å²) in [4.78, 5) is 10.3. The smallest absolute Gasteiger partial charge is 0.160 e. The van der Waals surface area contributed by atoms with Gasteiger partial charge in [-0.05, 0) is 81.9 Å². The van der Waals surface area contributed by atoms with Crippen LogP contribution in [-0.2, 0) is 0 Å². The van der Waals surface area contributed by atoms with E-state index in [0.29, 0.717) is 0 Å². The van der Waals surface area contributed by atoms with Crippen molar-refractivity contribution in [1.29, 1.82) is 0 Å². The van der Waals surface area contributed by atoms with Gasteiger partial charge in [0.2, 0.25) is 0 Å². The van der Waals surface area contributed by atoms with Crippen LogP contribution in [0.1, 0.15) is 0 Å². The summed E-state index contributed by atoms with van der Waals surface area (Å²) in [5.74, 6) is 0.723. The van der Waals surface area contributed by atoms with Crippen molar-refractivity contribution in [2.45, 2.75) is 0 Å². The van der Waals surface area contributed by atoms with Crippen molar-refractivity contribution in [3.05, 3.63) is 218 Å². The van der Waals surface area contributed by atoms with Gasteiger partial charge in [0.15, 0.2) is 5.82 Å². The van der Waals surface area contributed by atoms with Crippen LogP contribution in [0.2, 0.25) is 0 Å². The Bertz CT molecular complexity index is 3900. The highest BCUT2D eigenvalue weighted by atomic mass is 15.0. The first-order valence-electron chi connectivity index (χ1n) is 21.2. The van der Waals surface area contributed by atoms with Gasteiger partial charge >= 0.3 is 0 Å². The Morgan fingerprint density at radius 1 is 0.323 bits per heavy atom. The highest BCUT2D eigenvalue weighted by Crippen LogP contribution is 2.44. The van der Waals surface area contributed by atoms with E-state index in [1.807, 2.05) is 18.2 Å². The van der Waals surface area contributed by atoms with Crippen molar-refractivity contribution in [2.24, 2.45) is 0 Å². The molecule has 0 saturated carbocycles. The number of aromatic nitrogens is 4. The number of para-hydroxylation sites is 2. The lowest BCUT2D eigenvalue weighted by Gasteiger charge is -2.16. The highest BCUT2D eigenvalue weighted by Gasteiger charge is 2.21. The standard InChI is InChI=1S/C58H36N4/c1-4-17-38(18-5-1)57-48-34-40(28-31-50(48)59-58(60-57)39-19-6-2-7-20-39)42-30-33-52(45-25-13-12-24-44(42)45)62-51-27-15-14-26-46(51)47-35-49-55(36-54(47)62)61(41-21-8-3-9-22-41)53-32-29-37-16-10-11-23-43(37)56(49)53/h1-36H. The fourth-order valence-electron chi connectivity index (χ4n) is 9.92. The van der Waals surface area contributed by atoms with Crippen molar-refractivity contribution in [2.75, 3.05) is 0 Å². The van der Waals surface area contributed by atoms with Crippen LogP contribution in [0.4, 0.5) is 0 Å². The average Bonchev–Trinajstić information content (AvgIpc) is 3.85. The second-order valence-corrected chi connectivity index (χ2v) is 16.1. The Morgan fingerprint density at radius 2 is 0.984 bits per heavy atom. The van der Waals surface area contributed by atoms with Gasteiger partial charge in [0.05, 0.1) is 39.0 Å². The van der Waals surface area contributed by atoms with Crippen LogP contribution in [-0.4, -0.2) is 19.1 Å². The van der Waals surface area contributed by atoms with E-state index < -0.39 is 0 Å². The molecule has 0 N–H and O–H groups in total. The number of hydrogen-bond donors (Lipinski definition) is 0. The molecule has 3 heterocycles. The Labute approximate surface area is 357 Å². The van der Waals surface area contributed by atoms with Crippen LogP contribution in [0.25, 0.3) is 121 Å². The quantitative estimate of drug-likeness (QED) is 0.174. The molecule has 0 aliphatic carbocycles. The molecule has 0 atom stereocenters. The Morgan fingerprint density at radius 3 is 1.79 bits per heavy atom. The largest absolute Gasteiger partial charge is 0.309 e. The normalized spacial score (nSPS) is 11.9. The first-order valence-corrected chi connectivity index (χ1v) is 21.2. The zero-order chi connectivity index (χ0) is 40.7. The maximum Gasteiger partial charge on any atom is 0.160 e.